The number of anilines is 1. The lowest BCUT2D eigenvalue weighted by Gasteiger charge is -2.10. The molecule has 0 atom stereocenters. The Morgan fingerprint density at radius 3 is 2.39 bits per heavy atom. The second-order valence-electron chi connectivity index (χ2n) is 4.09. The number of amides is 1. The zero-order chi connectivity index (χ0) is 13.5. The largest absolute Gasteiger partial charge is 0.491 e. The van der Waals surface area contributed by atoms with Crippen molar-refractivity contribution in [3.63, 3.8) is 0 Å². The molecule has 0 unspecified atom stereocenters. The molecule has 1 aromatic rings. The van der Waals surface area contributed by atoms with Crippen LogP contribution in [0.15, 0.2) is 24.3 Å². The fourth-order valence-corrected chi connectivity index (χ4v) is 1.41. The number of alkyl halides is 1. The number of ketones is 1. The van der Waals surface area contributed by atoms with Crippen LogP contribution >= 0.6 is 11.6 Å². The molecule has 0 aromatic heterocycles. The zero-order valence-corrected chi connectivity index (χ0v) is 11.2. The smallest absolute Gasteiger partial charge is 0.231 e. The quantitative estimate of drug-likeness (QED) is 0.638. The van der Waals surface area contributed by atoms with E-state index in [1.165, 1.54) is 0 Å². The first-order valence-corrected chi connectivity index (χ1v) is 6.19. The number of hydrogen-bond acceptors (Lipinski definition) is 3. The number of rotatable bonds is 6. The molecule has 1 amide bonds. The SMILES string of the molecule is CC(C)Oc1ccc(NC(=O)CC(=O)CCl)cc1. The van der Waals surface area contributed by atoms with Gasteiger partial charge in [-0.25, -0.2) is 0 Å². The number of ether oxygens (including phenoxy) is 1. The van der Waals surface area contributed by atoms with Gasteiger partial charge in [0.05, 0.1) is 18.4 Å². The minimum Gasteiger partial charge on any atom is -0.491 e. The highest BCUT2D eigenvalue weighted by atomic mass is 35.5. The Labute approximate surface area is 111 Å². The van der Waals surface area contributed by atoms with Crippen molar-refractivity contribution in [2.24, 2.45) is 0 Å². The average molecular weight is 270 g/mol. The predicted molar refractivity (Wildman–Crippen MR) is 71.2 cm³/mol. The van der Waals surface area contributed by atoms with Gasteiger partial charge in [-0.3, -0.25) is 9.59 Å². The summed E-state index contributed by atoms with van der Waals surface area (Å²) in [5, 5.41) is 2.61. The van der Waals surface area contributed by atoms with Gasteiger partial charge in [-0.2, -0.15) is 0 Å². The number of benzene rings is 1. The van der Waals surface area contributed by atoms with E-state index in [1.54, 1.807) is 24.3 Å². The van der Waals surface area contributed by atoms with Crippen molar-refractivity contribution in [2.45, 2.75) is 26.4 Å². The molecule has 1 rings (SSSR count). The normalized spacial score (nSPS) is 10.2. The van der Waals surface area contributed by atoms with Crippen LogP contribution in [0.4, 0.5) is 5.69 Å². The summed E-state index contributed by atoms with van der Waals surface area (Å²) in [6.07, 6.45) is -0.0971. The van der Waals surface area contributed by atoms with Crippen LogP contribution in [0.2, 0.25) is 0 Å². The van der Waals surface area contributed by atoms with E-state index in [0.717, 1.165) is 5.75 Å². The lowest BCUT2D eigenvalue weighted by Crippen LogP contribution is -2.17. The van der Waals surface area contributed by atoms with Crippen molar-refractivity contribution in [3.8, 4) is 5.75 Å². The molecule has 0 aliphatic rings. The van der Waals surface area contributed by atoms with Crippen molar-refractivity contribution >= 4 is 29.0 Å². The van der Waals surface area contributed by atoms with Crippen LogP contribution in [0.1, 0.15) is 20.3 Å². The van der Waals surface area contributed by atoms with E-state index in [2.05, 4.69) is 5.32 Å². The van der Waals surface area contributed by atoms with Gasteiger partial charge in [0.1, 0.15) is 5.75 Å². The van der Waals surface area contributed by atoms with Gasteiger partial charge in [-0.15, -0.1) is 11.6 Å². The summed E-state index contributed by atoms with van der Waals surface area (Å²) in [6.45, 7) is 3.88. The molecule has 5 heteroatoms. The minimum absolute atomic E-state index is 0.104. The molecule has 0 aliphatic heterocycles. The molecule has 1 aromatic carbocycles. The minimum atomic E-state index is -0.363. The Kier molecular flexibility index (Phi) is 5.65. The maximum Gasteiger partial charge on any atom is 0.231 e. The molecule has 4 nitrogen and oxygen atoms in total. The van der Waals surface area contributed by atoms with E-state index in [-0.39, 0.29) is 30.1 Å². The van der Waals surface area contributed by atoms with E-state index in [1.807, 2.05) is 13.8 Å². The number of halogens is 1. The van der Waals surface area contributed by atoms with Gasteiger partial charge in [0, 0.05) is 5.69 Å². The number of hydrogen-bond donors (Lipinski definition) is 1. The molecule has 1 N–H and O–H groups in total. The van der Waals surface area contributed by atoms with Crippen LogP contribution in [0.25, 0.3) is 0 Å². The average Bonchev–Trinajstić information content (AvgIpc) is 2.30. The molecule has 0 saturated heterocycles. The molecule has 0 radical (unpaired) electrons. The molecule has 0 spiro atoms. The van der Waals surface area contributed by atoms with E-state index >= 15 is 0 Å². The molecule has 0 aliphatic carbocycles. The number of carbonyl (C=O) groups is 2. The van der Waals surface area contributed by atoms with Crippen LogP contribution in [0.5, 0.6) is 5.75 Å². The predicted octanol–water partition coefficient (Wildman–Crippen LogP) is 2.61. The van der Waals surface area contributed by atoms with E-state index in [0.29, 0.717) is 5.69 Å². The Hall–Kier alpha value is -1.55. The van der Waals surface area contributed by atoms with Gasteiger partial charge < -0.3 is 10.1 Å². The van der Waals surface area contributed by atoms with Crippen LogP contribution in [-0.2, 0) is 9.59 Å². The second-order valence-corrected chi connectivity index (χ2v) is 4.36. The van der Waals surface area contributed by atoms with Crippen LogP contribution in [-0.4, -0.2) is 23.7 Å². The van der Waals surface area contributed by atoms with Crippen LogP contribution in [0, 0.1) is 0 Å². The monoisotopic (exact) mass is 269 g/mol. The van der Waals surface area contributed by atoms with Gasteiger partial charge >= 0.3 is 0 Å². The summed E-state index contributed by atoms with van der Waals surface area (Å²) in [4.78, 5) is 22.4. The first-order valence-electron chi connectivity index (χ1n) is 5.65. The summed E-state index contributed by atoms with van der Waals surface area (Å²) < 4.78 is 5.47. The molecule has 0 heterocycles. The Morgan fingerprint density at radius 2 is 1.89 bits per heavy atom. The lowest BCUT2D eigenvalue weighted by molar-refractivity contribution is -0.124. The van der Waals surface area contributed by atoms with Crippen molar-refractivity contribution in [2.75, 3.05) is 11.2 Å². The molecule has 0 bridgehead atoms. The molecule has 18 heavy (non-hydrogen) atoms. The van der Waals surface area contributed by atoms with Gasteiger partial charge in [-0.05, 0) is 38.1 Å². The Bertz CT molecular complexity index is 415. The first-order chi connectivity index (χ1) is 8.51. The van der Waals surface area contributed by atoms with Gasteiger partial charge in [0.15, 0.2) is 5.78 Å². The van der Waals surface area contributed by atoms with Crippen molar-refractivity contribution in [1.82, 2.24) is 0 Å². The van der Waals surface area contributed by atoms with E-state index < -0.39 is 0 Å². The maximum absolute atomic E-state index is 11.4. The fraction of sp³-hybridized carbons (Fsp3) is 0.385. The van der Waals surface area contributed by atoms with E-state index in [9.17, 15) is 9.59 Å². The molecule has 0 saturated carbocycles. The third-order valence-corrected chi connectivity index (χ3v) is 2.31. The van der Waals surface area contributed by atoms with Crippen molar-refractivity contribution < 1.29 is 14.3 Å². The number of nitrogens with one attached hydrogen (secondary N) is 1. The highest BCUT2D eigenvalue weighted by Gasteiger charge is 2.08. The lowest BCUT2D eigenvalue weighted by atomic mass is 10.2. The molecular weight excluding hydrogens is 254 g/mol. The molecule has 98 valence electrons. The second kappa shape index (κ2) is 7.01. The van der Waals surface area contributed by atoms with Crippen molar-refractivity contribution in [3.05, 3.63) is 24.3 Å². The van der Waals surface area contributed by atoms with Crippen LogP contribution < -0.4 is 10.1 Å². The standard InChI is InChI=1S/C13H16ClNO3/c1-9(2)18-12-5-3-10(4-6-12)15-13(17)7-11(16)8-14/h3-6,9H,7-8H2,1-2H3,(H,15,17). The van der Waals surface area contributed by atoms with Gasteiger partial charge in [0.25, 0.3) is 0 Å². The van der Waals surface area contributed by atoms with E-state index in [4.69, 9.17) is 16.3 Å². The van der Waals surface area contributed by atoms with Crippen molar-refractivity contribution in [1.29, 1.82) is 0 Å². The topological polar surface area (TPSA) is 55.4 Å². The molecule has 0 fully saturated rings. The summed E-state index contributed by atoms with van der Waals surface area (Å²) in [5.41, 5.74) is 0.624. The number of Topliss-reactive ketones (excluding diaryl/α,β-unsaturated/α-hetero) is 1. The maximum atomic E-state index is 11.4. The third kappa shape index (κ3) is 5.19. The number of carbonyl (C=O) groups excluding carboxylic acids is 2. The highest BCUT2D eigenvalue weighted by molar-refractivity contribution is 6.29. The summed E-state index contributed by atoms with van der Waals surface area (Å²) in [6, 6.07) is 6.97. The van der Waals surface area contributed by atoms with Gasteiger partial charge in [-0.1, -0.05) is 0 Å². The summed E-state index contributed by atoms with van der Waals surface area (Å²) in [7, 11) is 0. The Balaban J connectivity index is 2.53. The first kappa shape index (κ1) is 14.5. The molecular formula is C13H16ClNO3. The summed E-state index contributed by atoms with van der Waals surface area (Å²) >= 11 is 5.32. The fourth-order valence-electron chi connectivity index (χ4n) is 1.32. The highest BCUT2D eigenvalue weighted by Crippen LogP contribution is 2.17. The van der Waals surface area contributed by atoms with Gasteiger partial charge in [0.2, 0.25) is 5.91 Å². The Morgan fingerprint density at radius 1 is 1.28 bits per heavy atom. The third-order valence-electron chi connectivity index (χ3n) is 2.02. The summed E-state index contributed by atoms with van der Waals surface area (Å²) in [5.74, 6) is -0.0684. The zero-order valence-electron chi connectivity index (χ0n) is 10.4. The van der Waals surface area contributed by atoms with Crippen LogP contribution in [0.3, 0.4) is 0 Å².